The fraction of sp³-hybridized carbons (Fsp3) is 0.600. The van der Waals surface area contributed by atoms with E-state index in [1.54, 1.807) is 11.3 Å². The number of rotatable bonds is 4. The number of nitrogens with zero attached hydrogens (tertiary/aromatic N) is 2. The van der Waals surface area contributed by atoms with E-state index < -0.39 is 0 Å². The predicted octanol–water partition coefficient (Wildman–Crippen LogP) is 1.48. The van der Waals surface area contributed by atoms with Crippen LogP contribution in [0.15, 0.2) is 12.1 Å². The molecule has 1 unspecified atom stereocenters. The Morgan fingerprint density at radius 1 is 1.53 bits per heavy atom. The second-order valence-corrected chi connectivity index (χ2v) is 6.51. The second-order valence-electron chi connectivity index (χ2n) is 5.34. The molecule has 104 valence electrons. The Bertz CT molecular complexity index is 460. The molecule has 0 aromatic carbocycles. The van der Waals surface area contributed by atoms with Crippen molar-refractivity contribution >= 4 is 11.3 Å². The molecule has 1 saturated heterocycles. The number of hydrogen-bond acceptors (Lipinski definition) is 4. The molecule has 1 atom stereocenters. The van der Waals surface area contributed by atoms with Gasteiger partial charge in [0.15, 0.2) is 0 Å². The third-order valence-corrected chi connectivity index (χ3v) is 4.42. The van der Waals surface area contributed by atoms with Gasteiger partial charge in [-0.1, -0.05) is 11.8 Å². The van der Waals surface area contributed by atoms with Gasteiger partial charge in [-0.05, 0) is 45.1 Å². The molecule has 1 aliphatic rings. The number of thiophene rings is 1. The predicted molar refractivity (Wildman–Crippen MR) is 80.2 cm³/mol. The van der Waals surface area contributed by atoms with Crippen molar-refractivity contribution in [1.29, 1.82) is 0 Å². The van der Waals surface area contributed by atoms with E-state index in [-0.39, 0.29) is 6.61 Å². The quantitative estimate of drug-likeness (QED) is 0.845. The topological polar surface area (TPSA) is 26.7 Å². The first kappa shape index (κ1) is 14.5. The van der Waals surface area contributed by atoms with Crippen LogP contribution in [-0.4, -0.2) is 55.2 Å². The fourth-order valence-corrected chi connectivity index (χ4v) is 3.57. The van der Waals surface area contributed by atoms with Gasteiger partial charge in [0, 0.05) is 24.5 Å². The first-order valence-corrected chi connectivity index (χ1v) is 7.54. The minimum atomic E-state index is -0.0671. The van der Waals surface area contributed by atoms with Crippen molar-refractivity contribution in [2.24, 2.45) is 5.92 Å². The van der Waals surface area contributed by atoms with Gasteiger partial charge in [0.1, 0.15) is 6.61 Å². The van der Waals surface area contributed by atoms with Crippen LogP contribution >= 0.6 is 11.3 Å². The summed E-state index contributed by atoms with van der Waals surface area (Å²) in [7, 11) is 4.39. The Hall–Kier alpha value is -0.860. The molecule has 19 heavy (non-hydrogen) atoms. The monoisotopic (exact) mass is 278 g/mol. The van der Waals surface area contributed by atoms with Crippen molar-refractivity contribution in [3.63, 3.8) is 0 Å². The molecule has 1 aliphatic heterocycles. The normalized spacial score (nSPS) is 19.7. The number of hydrogen-bond donors (Lipinski definition) is 1. The smallest absolute Gasteiger partial charge is 0.104 e. The number of aliphatic hydroxyl groups is 1. The zero-order valence-corrected chi connectivity index (χ0v) is 12.5. The molecule has 1 aromatic rings. The third-order valence-electron chi connectivity index (χ3n) is 3.44. The summed E-state index contributed by atoms with van der Waals surface area (Å²) in [6.45, 7) is 4.55. The summed E-state index contributed by atoms with van der Waals surface area (Å²) in [4.78, 5) is 7.19. The van der Waals surface area contributed by atoms with Gasteiger partial charge < -0.3 is 14.9 Å². The molecule has 1 fully saturated rings. The van der Waals surface area contributed by atoms with E-state index in [1.807, 2.05) is 6.07 Å². The van der Waals surface area contributed by atoms with Gasteiger partial charge in [0.05, 0.1) is 4.88 Å². The summed E-state index contributed by atoms with van der Waals surface area (Å²) in [5, 5.41) is 8.68. The van der Waals surface area contributed by atoms with Crippen LogP contribution < -0.4 is 0 Å². The zero-order chi connectivity index (χ0) is 13.7. The van der Waals surface area contributed by atoms with Gasteiger partial charge in [0.25, 0.3) is 0 Å². The molecular weight excluding hydrogens is 256 g/mol. The SMILES string of the molecule is CN1CCC(CN(C)Cc2ccc(C#CCO)s2)C1. The Morgan fingerprint density at radius 3 is 3.05 bits per heavy atom. The Balaban J connectivity index is 1.81. The van der Waals surface area contributed by atoms with Crippen molar-refractivity contribution in [2.75, 3.05) is 40.3 Å². The highest BCUT2D eigenvalue weighted by Gasteiger charge is 2.20. The molecule has 2 rings (SSSR count). The van der Waals surface area contributed by atoms with Crippen LogP contribution in [-0.2, 0) is 6.54 Å². The maximum absolute atomic E-state index is 8.68. The van der Waals surface area contributed by atoms with Crippen LogP contribution in [0.4, 0.5) is 0 Å². The Labute approximate surface area is 119 Å². The van der Waals surface area contributed by atoms with E-state index in [2.05, 4.69) is 41.8 Å². The van der Waals surface area contributed by atoms with Crippen molar-refractivity contribution in [3.8, 4) is 11.8 Å². The summed E-state index contributed by atoms with van der Waals surface area (Å²) in [6, 6.07) is 4.18. The van der Waals surface area contributed by atoms with E-state index >= 15 is 0 Å². The highest BCUT2D eigenvalue weighted by atomic mass is 32.1. The molecule has 0 aliphatic carbocycles. The fourth-order valence-electron chi connectivity index (χ4n) is 2.60. The lowest BCUT2D eigenvalue weighted by Crippen LogP contribution is -2.26. The van der Waals surface area contributed by atoms with Crippen molar-refractivity contribution in [3.05, 3.63) is 21.9 Å². The van der Waals surface area contributed by atoms with Crippen LogP contribution in [0.3, 0.4) is 0 Å². The molecule has 0 bridgehead atoms. The molecule has 2 heterocycles. The van der Waals surface area contributed by atoms with E-state index in [0.29, 0.717) is 0 Å². The van der Waals surface area contributed by atoms with Gasteiger partial charge in [-0.3, -0.25) is 0 Å². The van der Waals surface area contributed by atoms with Crippen molar-refractivity contribution in [2.45, 2.75) is 13.0 Å². The van der Waals surface area contributed by atoms with Crippen molar-refractivity contribution < 1.29 is 5.11 Å². The molecule has 0 spiro atoms. The second kappa shape index (κ2) is 7.06. The van der Waals surface area contributed by atoms with E-state index in [9.17, 15) is 0 Å². The van der Waals surface area contributed by atoms with E-state index in [4.69, 9.17) is 5.11 Å². The summed E-state index contributed by atoms with van der Waals surface area (Å²) >= 11 is 1.72. The maximum atomic E-state index is 8.68. The summed E-state index contributed by atoms with van der Waals surface area (Å²) in [5.41, 5.74) is 0. The Morgan fingerprint density at radius 2 is 2.37 bits per heavy atom. The molecule has 0 saturated carbocycles. The lowest BCUT2D eigenvalue weighted by Gasteiger charge is -2.20. The molecule has 1 N–H and O–H groups in total. The van der Waals surface area contributed by atoms with E-state index in [0.717, 1.165) is 17.3 Å². The van der Waals surface area contributed by atoms with Gasteiger partial charge in [-0.15, -0.1) is 11.3 Å². The standard InChI is InChI=1S/C15H22N2OS/c1-16-8-7-13(10-16)11-17(2)12-15-6-5-14(19-15)4-3-9-18/h5-6,13,18H,7-12H2,1-2H3. The van der Waals surface area contributed by atoms with Crippen LogP contribution in [0.2, 0.25) is 0 Å². The lowest BCUT2D eigenvalue weighted by molar-refractivity contribution is 0.269. The average Bonchev–Trinajstić information content (AvgIpc) is 2.96. The third kappa shape index (κ3) is 4.63. The average molecular weight is 278 g/mol. The van der Waals surface area contributed by atoms with Crippen LogP contribution in [0.5, 0.6) is 0 Å². The first-order valence-electron chi connectivity index (χ1n) is 6.73. The van der Waals surface area contributed by atoms with Crippen LogP contribution in [0, 0.1) is 17.8 Å². The zero-order valence-electron chi connectivity index (χ0n) is 11.7. The Kier molecular flexibility index (Phi) is 5.41. The minimum Gasteiger partial charge on any atom is -0.384 e. The van der Waals surface area contributed by atoms with Gasteiger partial charge in [-0.25, -0.2) is 0 Å². The molecule has 0 amide bonds. The highest BCUT2D eigenvalue weighted by Crippen LogP contribution is 2.19. The lowest BCUT2D eigenvalue weighted by atomic mass is 10.1. The van der Waals surface area contributed by atoms with E-state index in [1.165, 1.54) is 30.9 Å². The maximum Gasteiger partial charge on any atom is 0.104 e. The van der Waals surface area contributed by atoms with Crippen molar-refractivity contribution in [1.82, 2.24) is 9.80 Å². The van der Waals surface area contributed by atoms with Gasteiger partial charge in [0.2, 0.25) is 0 Å². The van der Waals surface area contributed by atoms with Crippen LogP contribution in [0.25, 0.3) is 0 Å². The molecule has 1 aromatic heterocycles. The summed E-state index contributed by atoms with van der Waals surface area (Å²) in [5.74, 6) is 6.46. The van der Waals surface area contributed by atoms with Crippen LogP contribution in [0.1, 0.15) is 16.2 Å². The summed E-state index contributed by atoms with van der Waals surface area (Å²) in [6.07, 6.45) is 1.32. The largest absolute Gasteiger partial charge is 0.384 e. The first-order chi connectivity index (χ1) is 9.17. The summed E-state index contributed by atoms with van der Waals surface area (Å²) < 4.78 is 0. The van der Waals surface area contributed by atoms with Gasteiger partial charge >= 0.3 is 0 Å². The highest BCUT2D eigenvalue weighted by molar-refractivity contribution is 7.12. The number of aliphatic hydroxyl groups excluding tert-OH is 1. The van der Waals surface area contributed by atoms with Gasteiger partial charge in [-0.2, -0.15) is 0 Å². The molecule has 4 heteroatoms. The molecular formula is C15H22N2OS. The molecule has 0 radical (unpaired) electrons. The minimum absolute atomic E-state index is 0.0671. The molecule has 3 nitrogen and oxygen atoms in total. The number of likely N-dealkylation sites (tertiary alicyclic amines) is 1.